The first kappa shape index (κ1) is 45.7. The topological polar surface area (TPSA) is 22.9 Å². The third-order valence-corrected chi connectivity index (χ3v) is 14.2. The minimum Gasteiger partial charge on any atom is -0.455 e. The van der Waals surface area contributed by atoms with Gasteiger partial charge in [-0.05, 0) is 124 Å². The minimum absolute atomic E-state index is 0.876. The SMILES string of the molecule is c1ccc(-c2ccc(N(c3ccccc3)c3cc(N(c4ccccc4)c4ccc(-c5ccccc5)cc4)cc(N(c4ccccc4)c4ccc(-c5cccc6c5oc5c(-c7ccccc7)cccc56)cc4)c3)cc2)cc1. The molecule has 13 rings (SSSR count). The van der Waals surface area contributed by atoms with Crippen molar-refractivity contribution in [2.75, 3.05) is 14.7 Å². The Labute approximate surface area is 443 Å². The van der Waals surface area contributed by atoms with Crippen LogP contribution in [0.2, 0.25) is 0 Å². The van der Waals surface area contributed by atoms with E-state index in [4.69, 9.17) is 4.42 Å². The average Bonchev–Trinajstić information content (AvgIpc) is 3.89. The molecule has 0 spiro atoms. The van der Waals surface area contributed by atoms with E-state index in [9.17, 15) is 0 Å². The highest BCUT2D eigenvalue weighted by atomic mass is 16.3. The fourth-order valence-corrected chi connectivity index (χ4v) is 10.6. The van der Waals surface area contributed by atoms with E-state index in [1.54, 1.807) is 0 Å². The lowest BCUT2D eigenvalue weighted by Crippen LogP contribution is -2.16. The predicted octanol–water partition coefficient (Wildman–Crippen LogP) is 20.7. The number of anilines is 9. The summed E-state index contributed by atoms with van der Waals surface area (Å²) in [5, 5.41) is 2.20. The van der Waals surface area contributed by atoms with Gasteiger partial charge in [-0.15, -0.1) is 0 Å². The van der Waals surface area contributed by atoms with Crippen molar-refractivity contribution in [1.82, 2.24) is 0 Å². The van der Waals surface area contributed by atoms with Crippen LogP contribution in [0.25, 0.3) is 66.4 Å². The van der Waals surface area contributed by atoms with Crippen LogP contribution < -0.4 is 14.7 Å². The van der Waals surface area contributed by atoms with Gasteiger partial charge in [0.15, 0.2) is 0 Å². The molecular weight excluding hydrogens is 923 g/mol. The summed E-state index contributed by atoms with van der Waals surface area (Å²) >= 11 is 0. The maximum Gasteiger partial charge on any atom is 0.143 e. The van der Waals surface area contributed by atoms with Crippen molar-refractivity contribution >= 4 is 73.1 Å². The summed E-state index contributed by atoms with van der Waals surface area (Å²) in [6.45, 7) is 0. The van der Waals surface area contributed by atoms with Crippen molar-refractivity contribution in [3.63, 3.8) is 0 Å². The summed E-state index contributed by atoms with van der Waals surface area (Å²) in [5.41, 5.74) is 20.0. The van der Waals surface area contributed by atoms with Gasteiger partial charge >= 0.3 is 0 Å². The molecule has 0 unspecified atom stereocenters. The molecule has 0 aliphatic rings. The van der Waals surface area contributed by atoms with Crippen LogP contribution in [0.3, 0.4) is 0 Å². The zero-order chi connectivity index (χ0) is 50.6. The number of furan rings is 1. The standard InChI is InChI=1S/C72H51N3O/c1-7-21-52(22-8-1)54-37-43-61(44-38-54)73(58-27-13-4-14-28-58)64-49-65(74(59-29-15-5-16-30-59)62-45-39-55(40-46-62)53-23-9-2-10-24-53)51-66(50-64)75(60-31-17-6-18-32-60)63-47-41-57(42-48-63)68-34-20-36-70-69-35-19-33-67(71(69)76-72(68)70)56-25-11-3-12-26-56/h1-51H. The van der Waals surface area contributed by atoms with Crippen molar-refractivity contribution in [3.05, 3.63) is 309 Å². The number of hydrogen-bond donors (Lipinski definition) is 0. The lowest BCUT2D eigenvalue weighted by molar-refractivity contribution is 0.671. The second-order valence-corrected chi connectivity index (χ2v) is 18.9. The van der Waals surface area contributed by atoms with Crippen LogP contribution in [0, 0.1) is 0 Å². The van der Waals surface area contributed by atoms with E-state index < -0.39 is 0 Å². The molecule has 0 radical (unpaired) electrons. The van der Waals surface area contributed by atoms with Crippen molar-refractivity contribution in [2.45, 2.75) is 0 Å². The van der Waals surface area contributed by atoms with Crippen LogP contribution in [0.4, 0.5) is 51.2 Å². The Bertz CT molecular complexity index is 3910. The molecule has 0 atom stereocenters. The molecule has 0 aliphatic carbocycles. The normalized spacial score (nSPS) is 11.2. The number of para-hydroxylation sites is 5. The largest absolute Gasteiger partial charge is 0.455 e. The molecule has 0 saturated carbocycles. The van der Waals surface area contributed by atoms with Crippen LogP contribution >= 0.6 is 0 Å². The molecular formula is C72H51N3O. The minimum atomic E-state index is 0.876. The quantitative estimate of drug-likeness (QED) is 0.115. The third-order valence-electron chi connectivity index (χ3n) is 14.2. The van der Waals surface area contributed by atoms with E-state index in [1.807, 2.05) is 0 Å². The fourth-order valence-electron chi connectivity index (χ4n) is 10.6. The number of rotatable bonds is 13. The summed E-state index contributed by atoms with van der Waals surface area (Å²) < 4.78 is 6.90. The first-order valence-electron chi connectivity index (χ1n) is 25.8. The van der Waals surface area contributed by atoms with E-state index in [0.717, 1.165) is 107 Å². The number of benzene rings is 12. The van der Waals surface area contributed by atoms with Crippen LogP contribution in [-0.4, -0.2) is 0 Å². The van der Waals surface area contributed by atoms with Gasteiger partial charge in [-0.2, -0.15) is 0 Å². The Balaban J connectivity index is 0.989. The molecule has 0 N–H and O–H groups in total. The van der Waals surface area contributed by atoms with Crippen molar-refractivity contribution in [2.24, 2.45) is 0 Å². The summed E-state index contributed by atoms with van der Waals surface area (Å²) in [6.07, 6.45) is 0. The van der Waals surface area contributed by atoms with E-state index in [0.29, 0.717) is 0 Å². The Morgan fingerprint density at radius 3 is 0.763 bits per heavy atom. The van der Waals surface area contributed by atoms with Gasteiger partial charge in [0.1, 0.15) is 11.2 Å². The predicted molar refractivity (Wildman–Crippen MR) is 320 cm³/mol. The number of fused-ring (bicyclic) bond motifs is 3. The molecule has 0 amide bonds. The third kappa shape index (κ3) is 8.95. The average molecular weight is 974 g/mol. The van der Waals surface area contributed by atoms with Gasteiger partial charge in [0.25, 0.3) is 0 Å². The molecule has 0 bridgehead atoms. The second-order valence-electron chi connectivity index (χ2n) is 18.9. The molecule has 4 heteroatoms. The molecule has 0 saturated heterocycles. The smallest absolute Gasteiger partial charge is 0.143 e. The Kier molecular flexibility index (Phi) is 12.3. The fraction of sp³-hybridized carbons (Fsp3) is 0. The van der Waals surface area contributed by atoms with E-state index in [2.05, 4.69) is 324 Å². The molecule has 4 nitrogen and oxygen atoms in total. The van der Waals surface area contributed by atoms with Gasteiger partial charge < -0.3 is 19.1 Å². The Morgan fingerprint density at radius 2 is 0.434 bits per heavy atom. The highest BCUT2D eigenvalue weighted by Gasteiger charge is 2.23. The summed E-state index contributed by atoms with van der Waals surface area (Å²) in [7, 11) is 0. The van der Waals surface area contributed by atoms with Gasteiger partial charge in [0, 0.05) is 56.0 Å². The highest BCUT2D eigenvalue weighted by Crippen LogP contribution is 2.47. The number of hydrogen-bond acceptors (Lipinski definition) is 4. The first-order chi connectivity index (χ1) is 37.7. The van der Waals surface area contributed by atoms with E-state index >= 15 is 0 Å². The monoisotopic (exact) mass is 973 g/mol. The molecule has 13 aromatic rings. The summed E-state index contributed by atoms with van der Waals surface area (Å²) in [5.74, 6) is 0. The van der Waals surface area contributed by atoms with Crippen molar-refractivity contribution in [1.29, 1.82) is 0 Å². The van der Waals surface area contributed by atoms with Gasteiger partial charge in [0.05, 0.1) is 17.1 Å². The van der Waals surface area contributed by atoms with Crippen LogP contribution in [0.5, 0.6) is 0 Å². The Morgan fingerprint density at radius 1 is 0.184 bits per heavy atom. The van der Waals surface area contributed by atoms with Crippen LogP contribution in [0.15, 0.2) is 314 Å². The zero-order valence-corrected chi connectivity index (χ0v) is 41.7. The van der Waals surface area contributed by atoms with Gasteiger partial charge in [0.2, 0.25) is 0 Å². The van der Waals surface area contributed by atoms with E-state index in [-0.39, 0.29) is 0 Å². The molecule has 1 heterocycles. The maximum atomic E-state index is 6.90. The van der Waals surface area contributed by atoms with Crippen molar-refractivity contribution < 1.29 is 4.42 Å². The zero-order valence-electron chi connectivity index (χ0n) is 41.7. The van der Waals surface area contributed by atoms with Crippen molar-refractivity contribution in [3.8, 4) is 44.5 Å². The Hall–Kier alpha value is -10.2. The second kappa shape index (κ2) is 20.4. The molecule has 1 aromatic heterocycles. The first-order valence-corrected chi connectivity index (χ1v) is 25.8. The van der Waals surface area contributed by atoms with Gasteiger partial charge in [-0.1, -0.05) is 218 Å². The van der Waals surface area contributed by atoms with Crippen LogP contribution in [-0.2, 0) is 0 Å². The summed E-state index contributed by atoms with van der Waals surface area (Å²) in [4.78, 5) is 7.11. The lowest BCUT2D eigenvalue weighted by Gasteiger charge is -2.33. The highest BCUT2D eigenvalue weighted by molar-refractivity contribution is 6.13. The van der Waals surface area contributed by atoms with Gasteiger partial charge in [-0.3, -0.25) is 0 Å². The molecule has 0 fully saturated rings. The summed E-state index contributed by atoms with van der Waals surface area (Å²) in [6, 6.07) is 110. The van der Waals surface area contributed by atoms with Crippen LogP contribution in [0.1, 0.15) is 0 Å². The molecule has 0 aliphatic heterocycles. The maximum absolute atomic E-state index is 6.90. The van der Waals surface area contributed by atoms with Gasteiger partial charge in [-0.25, -0.2) is 0 Å². The molecule has 12 aromatic carbocycles. The lowest BCUT2D eigenvalue weighted by atomic mass is 10.00. The molecule has 76 heavy (non-hydrogen) atoms. The van der Waals surface area contributed by atoms with E-state index in [1.165, 1.54) is 11.1 Å². The number of nitrogens with zero attached hydrogens (tertiary/aromatic N) is 3. The molecule has 360 valence electrons.